The number of rotatable bonds is 2. The maximum Gasteiger partial charge on any atom is 0.147 e. The summed E-state index contributed by atoms with van der Waals surface area (Å²) < 4.78 is 10.0. The van der Waals surface area contributed by atoms with Crippen molar-refractivity contribution in [3.05, 3.63) is 10.4 Å². The molecule has 0 aliphatic carbocycles. The van der Waals surface area contributed by atoms with Crippen molar-refractivity contribution >= 4 is 0 Å². The predicted molar refractivity (Wildman–Crippen MR) is 34.3 cm³/mol. The number of azide groups is 1. The fourth-order valence-electron chi connectivity index (χ4n) is 0.773. The number of hydrogen-bond acceptors (Lipinski definition) is 3. The Morgan fingerprint density at radius 1 is 1.70 bits per heavy atom. The van der Waals surface area contributed by atoms with Gasteiger partial charge in [0.25, 0.3) is 0 Å². The lowest BCUT2D eigenvalue weighted by molar-refractivity contribution is -0.135. The van der Waals surface area contributed by atoms with Gasteiger partial charge >= 0.3 is 0 Å². The number of ether oxygens (including phenoxy) is 2. The number of hydrogen-bond donors (Lipinski definition) is 0. The van der Waals surface area contributed by atoms with Crippen LogP contribution in [0, 0.1) is 0 Å². The van der Waals surface area contributed by atoms with Crippen molar-refractivity contribution in [3.8, 4) is 0 Å². The van der Waals surface area contributed by atoms with Crippen molar-refractivity contribution in [1.82, 2.24) is 0 Å². The quantitative estimate of drug-likeness (QED) is 0.329. The maximum absolute atomic E-state index is 7.97. The Bertz CT molecular complexity index is 138. The van der Waals surface area contributed by atoms with E-state index in [4.69, 9.17) is 15.0 Å². The van der Waals surface area contributed by atoms with Gasteiger partial charge in [-0.25, -0.2) is 0 Å². The second kappa shape index (κ2) is 4.11. The molecule has 5 nitrogen and oxygen atoms in total. The molecule has 10 heavy (non-hydrogen) atoms. The molecule has 0 aromatic heterocycles. The molecule has 0 aromatic carbocycles. The lowest BCUT2D eigenvalue weighted by Crippen LogP contribution is -2.25. The summed E-state index contributed by atoms with van der Waals surface area (Å²) in [5.41, 5.74) is 7.97. The van der Waals surface area contributed by atoms with E-state index in [2.05, 4.69) is 10.0 Å². The van der Waals surface area contributed by atoms with Crippen LogP contribution >= 0.6 is 0 Å². The predicted octanol–water partition coefficient (Wildman–Crippen LogP) is 1.06. The molecule has 0 radical (unpaired) electrons. The van der Waals surface area contributed by atoms with E-state index in [1.165, 1.54) is 0 Å². The lowest BCUT2D eigenvalue weighted by atomic mass is 10.2. The summed E-state index contributed by atoms with van der Waals surface area (Å²) >= 11 is 0. The molecule has 1 saturated heterocycles. The molecule has 0 spiro atoms. The smallest absolute Gasteiger partial charge is 0.147 e. The molecule has 56 valence electrons. The van der Waals surface area contributed by atoms with E-state index in [-0.39, 0.29) is 6.10 Å². The van der Waals surface area contributed by atoms with Gasteiger partial charge in [0.05, 0.1) is 19.3 Å². The van der Waals surface area contributed by atoms with Gasteiger partial charge < -0.3 is 9.47 Å². The third-order valence-corrected chi connectivity index (χ3v) is 1.32. The second-order valence-electron chi connectivity index (χ2n) is 2.02. The van der Waals surface area contributed by atoms with Crippen molar-refractivity contribution in [2.24, 2.45) is 5.11 Å². The van der Waals surface area contributed by atoms with Crippen molar-refractivity contribution in [2.45, 2.75) is 12.5 Å². The third kappa shape index (κ3) is 2.23. The first-order valence-corrected chi connectivity index (χ1v) is 3.13. The highest BCUT2D eigenvalue weighted by molar-refractivity contribution is 4.63. The molecule has 1 rings (SSSR count). The van der Waals surface area contributed by atoms with Crippen LogP contribution in [0.25, 0.3) is 10.4 Å². The summed E-state index contributed by atoms with van der Waals surface area (Å²) in [7, 11) is 0. The van der Waals surface area contributed by atoms with E-state index >= 15 is 0 Å². The Hall–Kier alpha value is -0.770. The molecule has 1 atom stereocenters. The zero-order valence-corrected chi connectivity index (χ0v) is 5.56. The zero-order valence-electron chi connectivity index (χ0n) is 5.56. The lowest BCUT2D eigenvalue weighted by Gasteiger charge is -2.20. The van der Waals surface area contributed by atoms with Crippen molar-refractivity contribution in [2.75, 3.05) is 19.9 Å². The van der Waals surface area contributed by atoms with Crippen LogP contribution < -0.4 is 0 Å². The Balaban J connectivity index is 2.19. The molecule has 1 fully saturated rings. The molecule has 1 aliphatic heterocycles. The van der Waals surface area contributed by atoms with Crippen LogP contribution in [0.5, 0.6) is 0 Å². The van der Waals surface area contributed by atoms with Crippen LogP contribution in [-0.2, 0) is 9.47 Å². The first-order chi connectivity index (χ1) is 4.93. The van der Waals surface area contributed by atoms with Gasteiger partial charge in [-0.3, -0.25) is 0 Å². The van der Waals surface area contributed by atoms with Crippen molar-refractivity contribution < 1.29 is 9.47 Å². The average Bonchev–Trinajstić information content (AvgIpc) is 2.03. The minimum atomic E-state index is 0.0599. The van der Waals surface area contributed by atoms with Gasteiger partial charge in [0.2, 0.25) is 0 Å². The molecular weight excluding hydrogens is 134 g/mol. The Morgan fingerprint density at radius 2 is 2.60 bits per heavy atom. The summed E-state index contributed by atoms with van der Waals surface area (Å²) in [4.78, 5) is 2.63. The largest absolute Gasteiger partial charge is 0.355 e. The molecule has 0 bridgehead atoms. The summed E-state index contributed by atoms with van der Waals surface area (Å²) in [6.07, 6.45) is 0.878. The fourth-order valence-corrected chi connectivity index (χ4v) is 0.773. The number of nitrogens with zero attached hydrogens (tertiary/aromatic N) is 3. The minimum absolute atomic E-state index is 0.0599. The summed E-state index contributed by atoms with van der Waals surface area (Å²) in [6.45, 7) is 1.44. The molecular formula is C5H9N3O2. The van der Waals surface area contributed by atoms with Gasteiger partial charge in [-0.1, -0.05) is 5.11 Å². The van der Waals surface area contributed by atoms with Crippen LogP contribution in [-0.4, -0.2) is 26.0 Å². The summed E-state index contributed by atoms with van der Waals surface area (Å²) in [6, 6.07) is 0. The van der Waals surface area contributed by atoms with E-state index in [9.17, 15) is 0 Å². The van der Waals surface area contributed by atoms with Gasteiger partial charge in [0, 0.05) is 4.91 Å². The maximum atomic E-state index is 7.97. The standard InChI is InChI=1S/C5H9N3O2/c6-8-7-3-5-1-2-9-4-10-5/h5H,1-4H2. The molecule has 1 unspecified atom stereocenters. The van der Waals surface area contributed by atoms with Crippen LogP contribution in [0.2, 0.25) is 0 Å². The molecule has 0 aromatic rings. The average molecular weight is 143 g/mol. The molecule has 0 N–H and O–H groups in total. The Kier molecular flexibility index (Phi) is 3.02. The van der Waals surface area contributed by atoms with E-state index in [0.29, 0.717) is 19.9 Å². The van der Waals surface area contributed by atoms with Crippen molar-refractivity contribution in [3.63, 3.8) is 0 Å². The first kappa shape index (κ1) is 7.34. The molecule has 1 heterocycles. The van der Waals surface area contributed by atoms with E-state index in [1.54, 1.807) is 0 Å². The highest BCUT2D eigenvalue weighted by atomic mass is 16.7. The van der Waals surface area contributed by atoms with Crippen LogP contribution in [0.15, 0.2) is 5.11 Å². The van der Waals surface area contributed by atoms with Crippen LogP contribution in [0.3, 0.4) is 0 Å². The topological polar surface area (TPSA) is 67.2 Å². The van der Waals surface area contributed by atoms with E-state index < -0.39 is 0 Å². The van der Waals surface area contributed by atoms with Gasteiger partial charge in [0.1, 0.15) is 6.79 Å². The molecule has 1 aliphatic rings. The zero-order chi connectivity index (χ0) is 7.23. The summed E-state index contributed by atoms with van der Waals surface area (Å²) in [5, 5.41) is 3.40. The SMILES string of the molecule is [N-]=[N+]=NCC1CCOCO1. The normalized spacial score (nSPS) is 25.4. The van der Waals surface area contributed by atoms with Gasteiger partial charge in [-0.2, -0.15) is 0 Å². The minimum Gasteiger partial charge on any atom is -0.355 e. The Morgan fingerprint density at radius 3 is 3.20 bits per heavy atom. The fraction of sp³-hybridized carbons (Fsp3) is 1.00. The van der Waals surface area contributed by atoms with E-state index in [1.807, 2.05) is 0 Å². The molecule has 0 amide bonds. The second-order valence-corrected chi connectivity index (χ2v) is 2.02. The van der Waals surface area contributed by atoms with Crippen molar-refractivity contribution in [1.29, 1.82) is 0 Å². The monoisotopic (exact) mass is 143 g/mol. The summed E-state index contributed by atoms with van der Waals surface area (Å²) in [5.74, 6) is 0. The van der Waals surface area contributed by atoms with E-state index in [0.717, 1.165) is 6.42 Å². The van der Waals surface area contributed by atoms with Gasteiger partial charge in [-0.15, -0.1) is 0 Å². The first-order valence-electron chi connectivity index (χ1n) is 3.13. The molecule has 5 heteroatoms. The van der Waals surface area contributed by atoms with Crippen LogP contribution in [0.4, 0.5) is 0 Å². The van der Waals surface area contributed by atoms with Crippen LogP contribution in [0.1, 0.15) is 6.42 Å². The third-order valence-electron chi connectivity index (χ3n) is 1.32. The Labute approximate surface area is 58.6 Å². The highest BCUT2D eigenvalue weighted by Gasteiger charge is 2.11. The molecule has 0 saturated carbocycles. The highest BCUT2D eigenvalue weighted by Crippen LogP contribution is 2.05. The van der Waals surface area contributed by atoms with Gasteiger partial charge in [-0.05, 0) is 12.0 Å². The van der Waals surface area contributed by atoms with Gasteiger partial charge in [0.15, 0.2) is 0 Å².